The van der Waals surface area contributed by atoms with E-state index < -0.39 is 0 Å². The van der Waals surface area contributed by atoms with Gasteiger partial charge in [0.1, 0.15) is 0 Å². The molecule has 0 atom stereocenters. The van der Waals surface area contributed by atoms with Crippen LogP contribution in [-0.4, -0.2) is 15.6 Å². The summed E-state index contributed by atoms with van der Waals surface area (Å²) in [6.07, 6.45) is 0.953. The summed E-state index contributed by atoms with van der Waals surface area (Å²) in [6.45, 7) is 0.601. The minimum atomic E-state index is -0.350. The molecule has 0 aliphatic rings. The highest BCUT2D eigenvalue weighted by molar-refractivity contribution is 5.95. The van der Waals surface area contributed by atoms with Gasteiger partial charge >= 0.3 is 0 Å². The molecule has 0 unspecified atom stereocenters. The Bertz CT molecular complexity index is 1150. The Kier molecular flexibility index (Phi) is 5.47. The summed E-state index contributed by atoms with van der Waals surface area (Å²) < 4.78 is 1.82. The van der Waals surface area contributed by atoms with Crippen LogP contribution in [0.25, 0.3) is 10.9 Å². The number of benzene rings is 3. The first kappa shape index (κ1) is 18.6. The third kappa shape index (κ3) is 4.24. The van der Waals surface area contributed by atoms with Crippen molar-refractivity contribution in [3.63, 3.8) is 0 Å². The first-order chi connectivity index (χ1) is 14.2. The molecule has 0 radical (unpaired) electrons. The number of aromatic nitrogens is 1. The van der Waals surface area contributed by atoms with Crippen LogP contribution in [-0.2, 0) is 24.2 Å². The quantitative estimate of drug-likeness (QED) is 0.450. The molecule has 0 fully saturated rings. The average Bonchev–Trinajstić information content (AvgIpc) is 3.03. The molecule has 4 rings (SSSR count). The van der Waals surface area contributed by atoms with E-state index in [-0.39, 0.29) is 18.2 Å². The van der Waals surface area contributed by atoms with Gasteiger partial charge in [-0.1, -0.05) is 78.9 Å². The Morgan fingerprint density at radius 1 is 0.828 bits per heavy atom. The minimum Gasteiger partial charge on any atom is -0.493 e. The monoisotopic (exact) mass is 383 g/mol. The number of para-hydroxylation sites is 1. The maximum atomic E-state index is 12.2. The van der Waals surface area contributed by atoms with Gasteiger partial charge in [-0.15, -0.1) is 10.2 Å². The molecular formula is C24H21N3O2. The number of nitrogens with zero attached hydrogens (tertiary/aromatic N) is 3. The van der Waals surface area contributed by atoms with Gasteiger partial charge in [-0.3, -0.25) is 4.79 Å². The Morgan fingerprint density at radius 3 is 2.17 bits per heavy atom. The summed E-state index contributed by atoms with van der Waals surface area (Å²) in [4.78, 5) is 12.2. The molecule has 29 heavy (non-hydrogen) atoms. The van der Waals surface area contributed by atoms with Gasteiger partial charge in [0.05, 0.1) is 11.9 Å². The molecule has 0 saturated carbocycles. The fourth-order valence-electron chi connectivity index (χ4n) is 3.39. The molecule has 4 aromatic rings. The highest BCUT2D eigenvalue weighted by Crippen LogP contribution is 2.38. The lowest BCUT2D eigenvalue weighted by Gasteiger charge is -2.07. The number of hydrogen-bond acceptors (Lipinski definition) is 3. The van der Waals surface area contributed by atoms with E-state index in [0.717, 1.165) is 22.9 Å². The largest absolute Gasteiger partial charge is 0.493 e. The van der Waals surface area contributed by atoms with E-state index >= 15 is 0 Å². The van der Waals surface area contributed by atoms with Gasteiger partial charge in [0.2, 0.25) is 5.88 Å². The van der Waals surface area contributed by atoms with Gasteiger partial charge < -0.3 is 9.67 Å². The van der Waals surface area contributed by atoms with Crippen LogP contribution in [0.1, 0.15) is 11.1 Å². The molecule has 0 bridgehead atoms. The number of carbonyl (C=O) groups excluding carboxylic acids is 1. The van der Waals surface area contributed by atoms with E-state index in [1.807, 2.05) is 77.4 Å². The Morgan fingerprint density at radius 2 is 1.45 bits per heavy atom. The number of amides is 1. The third-order valence-electron chi connectivity index (χ3n) is 4.84. The fraction of sp³-hybridized carbons (Fsp3) is 0.125. The van der Waals surface area contributed by atoms with E-state index in [1.54, 1.807) is 0 Å². The van der Waals surface area contributed by atoms with Crippen molar-refractivity contribution in [2.75, 3.05) is 0 Å². The van der Waals surface area contributed by atoms with Gasteiger partial charge in [-0.05, 0) is 23.6 Å². The molecule has 0 spiro atoms. The van der Waals surface area contributed by atoms with Crippen LogP contribution in [0.3, 0.4) is 0 Å². The number of aryl methyl sites for hydroxylation is 2. The summed E-state index contributed by atoms with van der Waals surface area (Å²) in [5.41, 5.74) is 3.26. The van der Waals surface area contributed by atoms with Crippen LogP contribution in [0.4, 0.5) is 5.69 Å². The van der Waals surface area contributed by atoms with E-state index in [1.165, 1.54) is 5.56 Å². The lowest BCUT2D eigenvalue weighted by molar-refractivity contribution is -0.117. The van der Waals surface area contributed by atoms with Gasteiger partial charge in [-0.25, -0.2) is 0 Å². The molecular weight excluding hydrogens is 362 g/mol. The molecule has 5 nitrogen and oxygen atoms in total. The number of carbonyl (C=O) groups is 1. The molecule has 3 aromatic carbocycles. The first-order valence-corrected chi connectivity index (χ1v) is 9.55. The van der Waals surface area contributed by atoms with Crippen molar-refractivity contribution < 1.29 is 9.90 Å². The molecule has 5 heteroatoms. The molecule has 0 aliphatic carbocycles. The SMILES string of the molecule is O=C(Cc1ccccc1)N=Nc1c(O)n(CCc2ccccc2)c2ccccc12. The zero-order valence-electron chi connectivity index (χ0n) is 15.9. The molecule has 1 aromatic heterocycles. The van der Waals surface area contributed by atoms with Crippen LogP contribution in [0.15, 0.2) is 95.2 Å². The van der Waals surface area contributed by atoms with Crippen LogP contribution < -0.4 is 0 Å². The lowest BCUT2D eigenvalue weighted by Crippen LogP contribution is -2.00. The van der Waals surface area contributed by atoms with Crippen molar-refractivity contribution in [1.82, 2.24) is 4.57 Å². The van der Waals surface area contributed by atoms with Crippen molar-refractivity contribution in [3.8, 4) is 5.88 Å². The summed E-state index contributed by atoms with van der Waals surface area (Å²) in [5, 5.41) is 19.5. The van der Waals surface area contributed by atoms with Crippen molar-refractivity contribution in [2.45, 2.75) is 19.4 Å². The summed E-state index contributed by atoms with van der Waals surface area (Å²) in [6, 6.07) is 27.1. The highest BCUT2D eigenvalue weighted by atomic mass is 16.3. The van der Waals surface area contributed by atoms with E-state index in [4.69, 9.17) is 0 Å². The summed E-state index contributed by atoms with van der Waals surface area (Å²) in [5.74, 6) is -0.324. The number of rotatable bonds is 6. The number of hydrogen-bond donors (Lipinski definition) is 1. The molecule has 1 amide bonds. The predicted octanol–water partition coefficient (Wildman–Crippen LogP) is 5.44. The van der Waals surface area contributed by atoms with Crippen LogP contribution >= 0.6 is 0 Å². The first-order valence-electron chi connectivity index (χ1n) is 9.55. The van der Waals surface area contributed by atoms with Crippen molar-refractivity contribution >= 4 is 22.5 Å². The summed E-state index contributed by atoms with van der Waals surface area (Å²) >= 11 is 0. The normalized spacial score (nSPS) is 11.3. The van der Waals surface area contributed by atoms with Gasteiger partial charge in [0, 0.05) is 11.9 Å². The summed E-state index contributed by atoms with van der Waals surface area (Å²) in [7, 11) is 0. The average molecular weight is 383 g/mol. The standard InChI is InChI=1S/C24H21N3O2/c28-22(17-19-11-5-2-6-12-19)25-26-23-20-13-7-8-14-21(20)27(24(23)29)16-15-18-9-3-1-4-10-18/h1-14,29H,15-17H2. The number of azo groups is 1. The topological polar surface area (TPSA) is 66.9 Å². The van der Waals surface area contributed by atoms with E-state index in [9.17, 15) is 9.90 Å². The third-order valence-corrected chi connectivity index (χ3v) is 4.84. The second kappa shape index (κ2) is 8.52. The van der Waals surface area contributed by atoms with Gasteiger partial charge in [0.25, 0.3) is 5.91 Å². The molecule has 1 N–H and O–H groups in total. The Hall–Kier alpha value is -3.73. The second-order valence-electron chi connectivity index (χ2n) is 6.83. The number of aromatic hydroxyl groups is 1. The van der Waals surface area contributed by atoms with Crippen molar-refractivity contribution in [3.05, 3.63) is 96.1 Å². The minimum absolute atomic E-state index is 0.0263. The lowest BCUT2D eigenvalue weighted by atomic mass is 10.1. The maximum Gasteiger partial charge on any atom is 0.269 e. The molecule has 0 saturated heterocycles. The number of fused-ring (bicyclic) bond motifs is 1. The molecule has 1 heterocycles. The highest BCUT2D eigenvalue weighted by Gasteiger charge is 2.16. The Balaban J connectivity index is 1.59. The second-order valence-corrected chi connectivity index (χ2v) is 6.83. The maximum absolute atomic E-state index is 12.2. The molecule has 144 valence electrons. The van der Waals surface area contributed by atoms with E-state index in [0.29, 0.717) is 12.2 Å². The smallest absolute Gasteiger partial charge is 0.269 e. The van der Waals surface area contributed by atoms with Crippen molar-refractivity contribution in [1.29, 1.82) is 0 Å². The van der Waals surface area contributed by atoms with E-state index in [2.05, 4.69) is 22.4 Å². The zero-order valence-corrected chi connectivity index (χ0v) is 15.9. The zero-order chi connectivity index (χ0) is 20.1. The predicted molar refractivity (Wildman–Crippen MR) is 113 cm³/mol. The Labute approximate surface area is 169 Å². The van der Waals surface area contributed by atoms with Crippen LogP contribution in [0.2, 0.25) is 0 Å². The van der Waals surface area contributed by atoms with Crippen LogP contribution in [0.5, 0.6) is 5.88 Å². The molecule has 0 aliphatic heterocycles. The fourth-order valence-corrected chi connectivity index (χ4v) is 3.39. The van der Waals surface area contributed by atoms with Gasteiger partial charge in [-0.2, -0.15) is 0 Å². The van der Waals surface area contributed by atoms with Crippen LogP contribution in [0, 0.1) is 0 Å². The van der Waals surface area contributed by atoms with Crippen molar-refractivity contribution in [2.24, 2.45) is 10.2 Å². The van der Waals surface area contributed by atoms with Gasteiger partial charge in [0.15, 0.2) is 5.69 Å².